The van der Waals surface area contributed by atoms with Crippen LogP contribution in [0.3, 0.4) is 0 Å². The van der Waals surface area contributed by atoms with Crippen molar-refractivity contribution in [3.63, 3.8) is 0 Å². The van der Waals surface area contributed by atoms with E-state index in [9.17, 15) is 0 Å². The molecule has 3 heteroatoms. The van der Waals surface area contributed by atoms with Crippen molar-refractivity contribution < 1.29 is 45.2 Å². The van der Waals surface area contributed by atoms with E-state index in [0.29, 0.717) is 0 Å². The Balaban J connectivity index is 0. The summed E-state index contributed by atoms with van der Waals surface area (Å²) in [6.45, 7) is 0. The molecule has 4 heavy (non-hydrogen) atoms. The molecule has 0 saturated heterocycles. The molecule has 0 N–H and O–H groups in total. The van der Waals surface area contributed by atoms with Crippen molar-refractivity contribution in [1.82, 2.24) is 0 Å². The van der Waals surface area contributed by atoms with Gasteiger partial charge >= 0.3 is 28.4 Å². The fourth-order valence-electron chi connectivity index (χ4n) is 0. The van der Waals surface area contributed by atoms with Crippen LogP contribution in [0.25, 0.3) is 0 Å². The van der Waals surface area contributed by atoms with Crippen molar-refractivity contribution in [2.45, 2.75) is 0 Å². The largest absolute Gasteiger partial charge is 0 e. The van der Waals surface area contributed by atoms with Gasteiger partial charge in [0.2, 0.25) is 0 Å². The predicted molar refractivity (Wildman–Crippen MR) is 5.69 cm³/mol. The molecule has 0 saturated carbocycles. The van der Waals surface area contributed by atoms with Crippen molar-refractivity contribution in [1.29, 1.82) is 0 Å². The smallest absolute Gasteiger partial charge is 0 e. The van der Waals surface area contributed by atoms with E-state index < -0.39 is 0 Å². The summed E-state index contributed by atoms with van der Waals surface area (Å²) < 4.78 is 1.51. The molecule has 0 radical (unpaired) electrons. The van der Waals surface area contributed by atoms with Crippen LogP contribution in [0.5, 0.6) is 0 Å². The Labute approximate surface area is 49.4 Å². The SMILES string of the molecule is O=[C]=[Mo].[Mo]. The van der Waals surface area contributed by atoms with E-state index in [0.717, 1.165) is 0 Å². The van der Waals surface area contributed by atoms with Gasteiger partial charge < -0.3 is 0 Å². The average Bonchev–Trinajstić information content (AvgIpc) is 0.918. The average molecular weight is 220 g/mol. The summed E-state index contributed by atoms with van der Waals surface area (Å²) >= 11 is 1.26. The second-order valence-corrected chi connectivity index (χ2v) is 0.493. The quantitative estimate of drug-likeness (QED) is 0.507. The van der Waals surface area contributed by atoms with E-state index in [4.69, 9.17) is 4.79 Å². The number of rotatable bonds is 0. The standard InChI is InChI=1S/CO.2Mo/c1-2;;. The first-order valence-corrected chi connectivity index (χ1v) is 1.41. The molecule has 0 aromatic rings. The van der Waals surface area contributed by atoms with Gasteiger partial charge in [-0.3, -0.25) is 0 Å². The van der Waals surface area contributed by atoms with Gasteiger partial charge in [0.15, 0.2) is 0 Å². The summed E-state index contributed by atoms with van der Waals surface area (Å²) in [5.41, 5.74) is 0. The molecule has 0 fully saturated rings. The minimum Gasteiger partial charge on any atom is 0 e. The van der Waals surface area contributed by atoms with E-state index >= 15 is 0 Å². The Morgan fingerprint density at radius 2 is 1.75 bits per heavy atom. The van der Waals surface area contributed by atoms with Crippen molar-refractivity contribution in [3.05, 3.63) is 0 Å². The number of hydrogen-bond donors (Lipinski definition) is 0. The maximum atomic E-state index is 8.68. The molecule has 0 aliphatic rings. The molecule has 0 amide bonds. The van der Waals surface area contributed by atoms with Crippen molar-refractivity contribution >= 4 is 4.27 Å². The second-order valence-electron chi connectivity index (χ2n) is 0.0833. The number of hydrogen-bond acceptors (Lipinski definition) is 1. The van der Waals surface area contributed by atoms with Crippen LogP contribution in [0.4, 0.5) is 0 Å². The van der Waals surface area contributed by atoms with Crippen molar-refractivity contribution in [2.24, 2.45) is 0 Å². The first-order valence-electron chi connectivity index (χ1n) is 0.408. The monoisotopic (exact) mass is 224 g/mol. The van der Waals surface area contributed by atoms with Crippen LogP contribution >= 0.6 is 0 Å². The molecule has 22 valence electrons. The van der Waals surface area contributed by atoms with Gasteiger partial charge in [-0.25, -0.2) is 0 Å². The Morgan fingerprint density at radius 1 is 1.75 bits per heavy atom. The van der Waals surface area contributed by atoms with E-state index in [1.54, 1.807) is 0 Å². The van der Waals surface area contributed by atoms with Gasteiger partial charge in [0.25, 0.3) is 0 Å². The molecule has 0 heterocycles. The normalized spacial score (nSPS) is 2.00. The summed E-state index contributed by atoms with van der Waals surface area (Å²) in [4.78, 5) is 8.68. The maximum Gasteiger partial charge on any atom is 0 e. The van der Waals surface area contributed by atoms with Gasteiger partial charge in [-0.05, 0) is 0 Å². The van der Waals surface area contributed by atoms with Crippen LogP contribution in [-0.2, 0) is 45.2 Å². The van der Waals surface area contributed by atoms with Crippen LogP contribution in [0.2, 0.25) is 0 Å². The van der Waals surface area contributed by atoms with Gasteiger partial charge in [-0.1, -0.05) is 0 Å². The molecule has 0 aliphatic carbocycles. The van der Waals surface area contributed by atoms with Crippen LogP contribution in [-0.4, -0.2) is 4.27 Å². The topological polar surface area (TPSA) is 17.1 Å². The Hall–Kier alpha value is 0.957. The predicted octanol–water partition coefficient (Wildman–Crippen LogP) is -0.402. The van der Waals surface area contributed by atoms with Crippen LogP contribution in [0, 0.1) is 0 Å². The third-order valence-electron chi connectivity index (χ3n) is 0. The molecule has 0 spiro atoms. The van der Waals surface area contributed by atoms with Gasteiger partial charge in [-0.15, -0.1) is 0 Å². The summed E-state index contributed by atoms with van der Waals surface area (Å²) in [6, 6.07) is 0. The first-order chi connectivity index (χ1) is 1.41. The van der Waals surface area contributed by atoms with E-state index in [-0.39, 0.29) is 21.1 Å². The van der Waals surface area contributed by atoms with E-state index in [2.05, 4.69) is 0 Å². The minimum atomic E-state index is 0. The molecule has 0 atom stereocenters. The van der Waals surface area contributed by atoms with E-state index in [1.165, 1.54) is 23.6 Å². The summed E-state index contributed by atoms with van der Waals surface area (Å²) in [5, 5.41) is 0. The van der Waals surface area contributed by atoms with Gasteiger partial charge in [-0.2, -0.15) is 0 Å². The maximum absolute atomic E-state index is 8.68. The zero-order valence-corrected chi connectivity index (χ0v) is 5.74. The van der Waals surface area contributed by atoms with Crippen LogP contribution < -0.4 is 0 Å². The Bertz CT molecular complexity index is 27.0. The second kappa shape index (κ2) is 9.03. The fourth-order valence-corrected chi connectivity index (χ4v) is 0. The third-order valence-corrected chi connectivity index (χ3v) is 0. The molecule has 0 rings (SSSR count). The third kappa shape index (κ3) is 12.4. The van der Waals surface area contributed by atoms with Gasteiger partial charge in [0.05, 0.1) is 0 Å². The fraction of sp³-hybridized carbons (Fsp3) is 0. The molecule has 0 aromatic heterocycles. The molecular formula is CMo2O. The Kier molecular flexibility index (Phi) is 20.0. The minimum absolute atomic E-state index is 0. The zero-order chi connectivity index (χ0) is 2.71. The Morgan fingerprint density at radius 3 is 1.75 bits per heavy atom. The van der Waals surface area contributed by atoms with Gasteiger partial charge in [0, 0.05) is 21.1 Å². The van der Waals surface area contributed by atoms with E-state index in [1.807, 2.05) is 0 Å². The van der Waals surface area contributed by atoms with Crippen LogP contribution in [0.1, 0.15) is 0 Å². The molecule has 0 aliphatic heterocycles. The van der Waals surface area contributed by atoms with Crippen molar-refractivity contribution in [2.75, 3.05) is 0 Å². The summed E-state index contributed by atoms with van der Waals surface area (Å²) in [7, 11) is 0. The van der Waals surface area contributed by atoms with Crippen molar-refractivity contribution in [3.8, 4) is 0 Å². The summed E-state index contributed by atoms with van der Waals surface area (Å²) in [6.07, 6.45) is 0. The molecule has 0 aromatic carbocycles. The molecule has 0 unspecified atom stereocenters. The first kappa shape index (κ1) is 8.88. The molecule has 0 bridgehead atoms. The zero-order valence-electron chi connectivity index (χ0n) is 1.72. The molecule has 1 nitrogen and oxygen atoms in total. The summed E-state index contributed by atoms with van der Waals surface area (Å²) in [5.74, 6) is 0. The molecular weight excluding hydrogens is 220 g/mol. The van der Waals surface area contributed by atoms with Gasteiger partial charge in [0.1, 0.15) is 0 Å². The number of carbonyl (C=O) groups excluding carboxylic acids is 1. The van der Waals surface area contributed by atoms with Crippen LogP contribution in [0.15, 0.2) is 0 Å².